The minimum Gasteiger partial charge on any atom is -0.367 e. The summed E-state index contributed by atoms with van der Waals surface area (Å²) in [6.45, 7) is 6.27. The Hall–Kier alpha value is 0.210. The standard InChI is InChI=1S/C5H10O.ClH.H3N/c1-4-5(2,3)6-4;;/h4H,1-3H3;1H;1H3. The summed E-state index contributed by atoms with van der Waals surface area (Å²) in [5, 5.41) is 0. The van der Waals surface area contributed by atoms with E-state index in [2.05, 4.69) is 20.8 Å². The first-order valence-corrected chi connectivity index (χ1v) is 2.31. The van der Waals surface area contributed by atoms with E-state index >= 15 is 0 Å². The van der Waals surface area contributed by atoms with Crippen molar-refractivity contribution in [3.8, 4) is 0 Å². The molecule has 52 valence electrons. The highest BCUT2D eigenvalue weighted by molar-refractivity contribution is 5.85. The SMILES string of the molecule is CC1OC1(C)C.Cl.N. The average Bonchev–Trinajstić information content (AvgIpc) is 1.73. The number of rotatable bonds is 0. The monoisotopic (exact) mass is 139 g/mol. The van der Waals surface area contributed by atoms with Crippen molar-refractivity contribution in [2.24, 2.45) is 0 Å². The van der Waals surface area contributed by atoms with Gasteiger partial charge in [-0.15, -0.1) is 12.4 Å². The maximum absolute atomic E-state index is 5.10. The first-order valence-electron chi connectivity index (χ1n) is 2.31. The minimum atomic E-state index is 0. The van der Waals surface area contributed by atoms with Crippen LogP contribution in [0.4, 0.5) is 0 Å². The molecular formula is C5H14ClNO. The normalized spacial score (nSPS) is 29.6. The van der Waals surface area contributed by atoms with Crippen LogP contribution in [0.25, 0.3) is 0 Å². The Labute approximate surface area is 56.6 Å². The van der Waals surface area contributed by atoms with Crippen LogP contribution < -0.4 is 6.15 Å². The summed E-state index contributed by atoms with van der Waals surface area (Å²) in [6, 6.07) is 0. The highest BCUT2D eigenvalue weighted by atomic mass is 35.5. The van der Waals surface area contributed by atoms with Gasteiger partial charge in [0.15, 0.2) is 0 Å². The van der Waals surface area contributed by atoms with E-state index < -0.39 is 0 Å². The van der Waals surface area contributed by atoms with E-state index in [9.17, 15) is 0 Å². The van der Waals surface area contributed by atoms with E-state index in [-0.39, 0.29) is 24.2 Å². The maximum Gasteiger partial charge on any atom is 0.0889 e. The maximum atomic E-state index is 5.10. The fourth-order valence-corrected chi connectivity index (χ4v) is 0.422. The molecule has 8 heavy (non-hydrogen) atoms. The molecule has 0 aromatic heterocycles. The first kappa shape index (κ1) is 11.1. The topological polar surface area (TPSA) is 47.5 Å². The second kappa shape index (κ2) is 2.67. The zero-order chi connectivity index (χ0) is 4.78. The number of epoxide rings is 1. The molecule has 0 bridgehead atoms. The Morgan fingerprint density at radius 1 is 1.38 bits per heavy atom. The number of hydrogen-bond donors (Lipinski definition) is 1. The van der Waals surface area contributed by atoms with E-state index in [1.807, 2.05) is 0 Å². The largest absolute Gasteiger partial charge is 0.367 e. The van der Waals surface area contributed by atoms with Crippen LogP contribution in [0.2, 0.25) is 0 Å². The first-order chi connectivity index (χ1) is 2.63. The molecule has 1 rings (SSSR count). The summed E-state index contributed by atoms with van der Waals surface area (Å²) in [5.41, 5.74) is 0.208. The van der Waals surface area contributed by atoms with Crippen molar-refractivity contribution in [3.63, 3.8) is 0 Å². The Kier molecular flexibility index (Phi) is 3.69. The lowest BCUT2D eigenvalue weighted by molar-refractivity contribution is 0.328. The molecule has 0 aromatic rings. The fourth-order valence-electron chi connectivity index (χ4n) is 0.422. The molecule has 1 aliphatic rings. The molecule has 2 nitrogen and oxygen atoms in total. The van der Waals surface area contributed by atoms with E-state index in [0.717, 1.165) is 0 Å². The van der Waals surface area contributed by atoms with Crippen molar-refractivity contribution >= 4 is 12.4 Å². The highest BCUT2D eigenvalue weighted by Gasteiger charge is 2.43. The second-order valence-electron chi connectivity index (χ2n) is 2.36. The molecule has 0 spiro atoms. The average molecular weight is 140 g/mol. The van der Waals surface area contributed by atoms with Gasteiger partial charge in [0.25, 0.3) is 0 Å². The third-order valence-corrected chi connectivity index (χ3v) is 1.40. The van der Waals surface area contributed by atoms with Crippen molar-refractivity contribution in [2.75, 3.05) is 0 Å². The van der Waals surface area contributed by atoms with Gasteiger partial charge in [-0.05, 0) is 20.8 Å². The Bertz CT molecular complexity index is 74.8. The minimum absolute atomic E-state index is 0. The smallest absolute Gasteiger partial charge is 0.0889 e. The highest BCUT2D eigenvalue weighted by Crippen LogP contribution is 2.33. The molecule has 1 fully saturated rings. The van der Waals surface area contributed by atoms with Gasteiger partial charge >= 0.3 is 0 Å². The van der Waals surface area contributed by atoms with Gasteiger partial charge in [-0.1, -0.05) is 0 Å². The van der Waals surface area contributed by atoms with Gasteiger partial charge in [0, 0.05) is 0 Å². The number of ether oxygens (including phenoxy) is 1. The van der Waals surface area contributed by atoms with Crippen molar-refractivity contribution in [2.45, 2.75) is 32.5 Å². The molecular weight excluding hydrogens is 126 g/mol. The summed E-state index contributed by atoms with van der Waals surface area (Å²) >= 11 is 0. The molecule has 0 amide bonds. The molecule has 1 heterocycles. The summed E-state index contributed by atoms with van der Waals surface area (Å²) in [6.07, 6.45) is 0.498. The lowest BCUT2D eigenvalue weighted by Crippen LogP contribution is -1.97. The van der Waals surface area contributed by atoms with Gasteiger partial charge < -0.3 is 10.9 Å². The van der Waals surface area contributed by atoms with Gasteiger partial charge in [-0.3, -0.25) is 0 Å². The summed E-state index contributed by atoms with van der Waals surface area (Å²) in [4.78, 5) is 0. The molecule has 1 saturated heterocycles. The molecule has 1 unspecified atom stereocenters. The number of halogens is 1. The van der Waals surface area contributed by atoms with Crippen LogP contribution in [-0.2, 0) is 4.74 Å². The van der Waals surface area contributed by atoms with Gasteiger partial charge in [0.05, 0.1) is 11.7 Å². The van der Waals surface area contributed by atoms with E-state index in [1.54, 1.807) is 0 Å². The molecule has 0 saturated carbocycles. The lowest BCUT2D eigenvalue weighted by atomic mass is 10.2. The third-order valence-electron chi connectivity index (χ3n) is 1.40. The predicted molar refractivity (Wildman–Crippen MR) is 36.9 cm³/mol. The summed E-state index contributed by atoms with van der Waals surface area (Å²) < 4.78 is 5.10. The van der Waals surface area contributed by atoms with Crippen molar-refractivity contribution in [1.82, 2.24) is 6.15 Å². The van der Waals surface area contributed by atoms with Crippen LogP contribution in [0, 0.1) is 0 Å². The quantitative estimate of drug-likeness (QED) is 0.520. The molecule has 1 aliphatic heterocycles. The van der Waals surface area contributed by atoms with E-state index in [0.29, 0.717) is 6.10 Å². The molecule has 0 radical (unpaired) electrons. The Morgan fingerprint density at radius 2 is 1.50 bits per heavy atom. The Balaban J connectivity index is 0. The molecule has 0 aliphatic carbocycles. The van der Waals surface area contributed by atoms with Gasteiger partial charge in [-0.25, -0.2) is 0 Å². The molecule has 3 N–H and O–H groups in total. The Morgan fingerprint density at radius 3 is 1.50 bits per heavy atom. The zero-order valence-electron chi connectivity index (χ0n) is 5.60. The van der Waals surface area contributed by atoms with Crippen LogP contribution in [-0.4, -0.2) is 11.7 Å². The number of hydrogen-bond acceptors (Lipinski definition) is 2. The van der Waals surface area contributed by atoms with Crippen LogP contribution in [0.5, 0.6) is 0 Å². The van der Waals surface area contributed by atoms with E-state index in [4.69, 9.17) is 4.74 Å². The van der Waals surface area contributed by atoms with Crippen molar-refractivity contribution < 1.29 is 4.74 Å². The van der Waals surface area contributed by atoms with Crippen molar-refractivity contribution in [3.05, 3.63) is 0 Å². The molecule has 3 heteroatoms. The molecule has 0 aromatic carbocycles. The van der Waals surface area contributed by atoms with Crippen molar-refractivity contribution in [1.29, 1.82) is 0 Å². The summed E-state index contributed by atoms with van der Waals surface area (Å²) in [5.74, 6) is 0. The van der Waals surface area contributed by atoms with Gasteiger partial charge in [-0.2, -0.15) is 0 Å². The van der Waals surface area contributed by atoms with Gasteiger partial charge in [0.1, 0.15) is 0 Å². The van der Waals surface area contributed by atoms with Crippen LogP contribution in [0.15, 0.2) is 0 Å². The second-order valence-corrected chi connectivity index (χ2v) is 2.36. The molecule has 1 atom stereocenters. The van der Waals surface area contributed by atoms with Crippen LogP contribution in [0.3, 0.4) is 0 Å². The fraction of sp³-hybridized carbons (Fsp3) is 1.00. The van der Waals surface area contributed by atoms with Gasteiger partial charge in [0.2, 0.25) is 0 Å². The third kappa shape index (κ3) is 1.99. The lowest BCUT2D eigenvalue weighted by Gasteiger charge is -1.84. The van der Waals surface area contributed by atoms with E-state index in [1.165, 1.54) is 0 Å². The zero-order valence-corrected chi connectivity index (χ0v) is 6.42. The summed E-state index contributed by atoms with van der Waals surface area (Å²) in [7, 11) is 0. The van der Waals surface area contributed by atoms with Crippen LogP contribution >= 0.6 is 12.4 Å². The predicted octanol–water partition coefficient (Wildman–Crippen LogP) is 1.77. The van der Waals surface area contributed by atoms with Crippen LogP contribution in [0.1, 0.15) is 20.8 Å².